The number of rotatable bonds is 14. The maximum Gasteiger partial charge on any atom is 0.573 e. The molecule has 0 aliphatic carbocycles. The van der Waals surface area contributed by atoms with Crippen LogP contribution in [0.25, 0.3) is 22.8 Å². The van der Waals surface area contributed by atoms with Crippen LogP contribution in [0.15, 0.2) is 79.6 Å². The minimum atomic E-state index is -5.31. The second-order valence-electron chi connectivity index (χ2n) is 17.3. The summed E-state index contributed by atoms with van der Waals surface area (Å²) < 4.78 is 89.3. The van der Waals surface area contributed by atoms with Crippen molar-refractivity contribution in [2.45, 2.75) is 69.1 Å². The molecule has 2 amide bonds. The lowest BCUT2D eigenvalue weighted by Gasteiger charge is -2.40. The van der Waals surface area contributed by atoms with Crippen LogP contribution >= 0.6 is 0 Å². The molecule has 6 aromatic heterocycles. The van der Waals surface area contributed by atoms with Crippen LogP contribution in [-0.4, -0.2) is 107 Å². The van der Waals surface area contributed by atoms with E-state index in [2.05, 4.69) is 60.6 Å². The first-order valence-corrected chi connectivity index (χ1v) is 22.5. The number of piperidine rings is 2. The Morgan fingerprint density at radius 1 is 0.708 bits per heavy atom. The number of ether oxygens (including phenoxy) is 1. The predicted molar refractivity (Wildman–Crippen MR) is 253 cm³/mol. The first-order valence-electron chi connectivity index (χ1n) is 22.5. The van der Waals surface area contributed by atoms with Crippen LogP contribution in [-0.2, 0) is 6.18 Å². The fourth-order valence-electron chi connectivity index (χ4n) is 8.36. The zero-order chi connectivity index (χ0) is 51.4. The molecule has 72 heavy (non-hydrogen) atoms. The van der Waals surface area contributed by atoms with Crippen molar-refractivity contribution >= 4 is 52.1 Å². The van der Waals surface area contributed by atoms with E-state index >= 15 is 0 Å². The summed E-state index contributed by atoms with van der Waals surface area (Å²) in [5.41, 5.74) is 14.5. The Kier molecular flexibility index (Phi) is 14.4. The molecule has 2 fully saturated rings. The molecule has 2 saturated heterocycles. The average Bonchev–Trinajstić information content (AvgIpc) is 3.34. The van der Waals surface area contributed by atoms with E-state index in [4.69, 9.17) is 17.2 Å². The molecule has 0 radical (unpaired) electrons. The molecule has 6 aromatic rings. The molecule has 26 heteroatoms. The molecule has 0 unspecified atom stereocenters. The van der Waals surface area contributed by atoms with Gasteiger partial charge in [-0.15, -0.1) is 13.2 Å². The van der Waals surface area contributed by atoms with E-state index < -0.39 is 75.5 Å². The lowest BCUT2D eigenvalue weighted by atomic mass is 9.85. The third kappa shape index (κ3) is 11.5. The van der Waals surface area contributed by atoms with E-state index in [1.54, 1.807) is 24.3 Å². The van der Waals surface area contributed by atoms with Crippen molar-refractivity contribution in [3.05, 3.63) is 96.6 Å². The molecule has 0 bridgehead atoms. The number of nitrogens with zero attached hydrogens (tertiary/aromatic N) is 10. The molecule has 0 spiro atoms. The molecular formula is C46H48F6N16O4. The lowest BCUT2D eigenvalue weighted by Crippen LogP contribution is -2.51. The Balaban J connectivity index is 1.11. The van der Waals surface area contributed by atoms with Crippen LogP contribution in [0.4, 0.5) is 66.7 Å². The van der Waals surface area contributed by atoms with Gasteiger partial charge in [0.15, 0.2) is 40.4 Å². The molecular weight excluding hydrogens is 955 g/mol. The van der Waals surface area contributed by atoms with Crippen molar-refractivity contribution < 1.29 is 45.8 Å². The van der Waals surface area contributed by atoms with E-state index in [0.29, 0.717) is 69.7 Å². The third-order valence-electron chi connectivity index (χ3n) is 12.5. The number of hydrogen-bond acceptors (Lipinski definition) is 18. The Labute approximate surface area is 406 Å². The van der Waals surface area contributed by atoms with Gasteiger partial charge >= 0.3 is 12.5 Å². The number of hydrogen-bond donors (Lipinski definition) is 7. The smallest absolute Gasteiger partial charge is 0.403 e. The Morgan fingerprint density at radius 2 is 1.25 bits per heavy atom. The fourth-order valence-corrected chi connectivity index (χ4v) is 8.36. The normalized spacial score (nSPS) is 15.7. The van der Waals surface area contributed by atoms with Gasteiger partial charge in [-0.2, -0.15) is 13.2 Å². The summed E-state index contributed by atoms with van der Waals surface area (Å²) >= 11 is 0. The van der Waals surface area contributed by atoms with Gasteiger partial charge in [0, 0.05) is 68.5 Å². The fraction of sp³-hybridized carbons (Fsp3) is 0.348. The zero-order valence-corrected chi connectivity index (χ0v) is 38.4. The van der Waals surface area contributed by atoms with Crippen LogP contribution in [0, 0.1) is 0 Å². The Bertz CT molecular complexity index is 2950. The highest BCUT2D eigenvalue weighted by Gasteiger charge is 2.37. The monoisotopic (exact) mass is 1000 g/mol. The van der Waals surface area contributed by atoms with Crippen LogP contribution in [0.3, 0.4) is 0 Å². The van der Waals surface area contributed by atoms with Gasteiger partial charge < -0.3 is 52.8 Å². The Morgan fingerprint density at radius 3 is 1.83 bits per heavy atom. The second kappa shape index (κ2) is 20.5. The first kappa shape index (κ1) is 50.5. The van der Waals surface area contributed by atoms with Crippen LogP contribution in [0.2, 0.25) is 0 Å². The van der Waals surface area contributed by atoms with Gasteiger partial charge in [0.2, 0.25) is 0 Å². The van der Waals surface area contributed by atoms with Crippen LogP contribution in [0.5, 0.6) is 5.75 Å². The third-order valence-corrected chi connectivity index (χ3v) is 12.5. The summed E-state index contributed by atoms with van der Waals surface area (Å²) in [6.45, 7) is 3.96. The number of aliphatic hydroxyl groups excluding tert-OH is 1. The number of aliphatic hydroxyl groups is 1. The minimum Gasteiger partial charge on any atom is -0.403 e. The standard InChI is InChI=1S/C46H48F6N16O4/c1-2-43(54)9-17-67(18-10-43)30-7-4-15-57-38(30)65-41(70)35-37(53)60-24-29(63-35)34-32(72-46(50,51)52)22-26(23-59-34)62-40-36(64-28(25-61-40)33-27(45(47,48)49)6-3-14-56-33)42(71)66-39-31(8-5-16-58-39)68-19-11-44(55,12-20-68)13-21-69/h3-8,14-16,22-25,69H,2,9-13,17-21,54-55H2,1H3,(H2,53,60)(H,61,62)(H,57,65,70)(H,58,66,71). The molecule has 2 aliphatic heterocycles. The highest BCUT2D eigenvalue weighted by atomic mass is 19.4. The predicted octanol–water partition coefficient (Wildman–Crippen LogP) is 6.32. The summed E-state index contributed by atoms with van der Waals surface area (Å²) in [5, 5.41) is 17.5. The van der Waals surface area contributed by atoms with Crippen molar-refractivity contribution in [3.8, 4) is 28.5 Å². The SMILES string of the molecule is CCC1(N)CCN(c2cccnc2NC(=O)c2nc(-c3ncc(Nc4ncc(-c5ncccc5C(F)(F)F)nc4C(=O)Nc4ncccc4N4CCC(N)(CCO)CC4)cc3OC(F)(F)F)cnc2N)CC1. The first-order chi connectivity index (χ1) is 34.2. The van der Waals surface area contributed by atoms with Gasteiger partial charge in [-0.25, -0.2) is 34.9 Å². The number of anilines is 7. The van der Waals surface area contributed by atoms with E-state index in [0.717, 1.165) is 49.4 Å². The lowest BCUT2D eigenvalue weighted by molar-refractivity contribution is -0.274. The van der Waals surface area contributed by atoms with Crippen molar-refractivity contribution in [2.24, 2.45) is 11.5 Å². The van der Waals surface area contributed by atoms with Gasteiger partial charge in [0.05, 0.1) is 41.2 Å². The zero-order valence-electron chi connectivity index (χ0n) is 38.4. The number of nitrogens with two attached hydrogens (primary N) is 3. The molecule has 20 nitrogen and oxygen atoms in total. The van der Waals surface area contributed by atoms with Crippen molar-refractivity contribution in [1.29, 1.82) is 0 Å². The van der Waals surface area contributed by atoms with Gasteiger partial charge in [-0.1, -0.05) is 6.92 Å². The molecule has 378 valence electrons. The van der Waals surface area contributed by atoms with Crippen molar-refractivity contribution in [1.82, 2.24) is 39.9 Å². The summed E-state index contributed by atoms with van der Waals surface area (Å²) in [6, 6.07) is 9.45. The summed E-state index contributed by atoms with van der Waals surface area (Å²) in [4.78, 5) is 65.4. The number of nitrogen functional groups attached to an aromatic ring is 1. The highest BCUT2D eigenvalue weighted by Crippen LogP contribution is 2.39. The largest absolute Gasteiger partial charge is 0.573 e. The molecule has 2 aliphatic rings. The maximum absolute atomic E-state index is 14.3. The van der Waals surface area contributed by atoms with Crippen LogP contribution < -0.4 is 47.7 Å². The van der Waals surface area contributed by atoms with E-state index in [1.807, 2.05) is 16.7 Å². The maximum atomic E-state index is 14.3. The summed E-state index contributed by atoms with van der Waals surface area (Å²) in [7, 11) is 0. The quantitative estimate of drug-likeness (QED) is 0.0588. The van der Waals surface area contributed by atoms with Gasteiger partial charge in [0.1, 0.15) is 22.8 Å². The number of halogens is 6. The van der Waals surface area contributed by atoms with E-state index in [9.17, 15) is 41.0 Å². The minimum absolute atomic E-state index is 0.0308. The molecule has 0 aromatic carbocycles. The molecule has 8 rings (SSSR count). The van der Waals surface area contributed by atoms with Crippen LogP contribution in [0.1, 0.15) is 72.0 Å². The molecule has 8 heterocycles. The van der Waals surface area contributed by atoms with E-state index in [-0.39, 0.29) is 41.0 Å². The molecule has 0 atom stereocenters. The topological polar surface area (TPSA) is 287 Å². The number of amides is 2. The number of pyridine rings is 4. The molecule has 0 saturated carbocycles. The number of alkyl halides is 6. The van der Waals surface area contributed by atoms with Crippen molar-refractivity contribution in [2.75, 3.05) is 64.3 Å². The van der Waals surface area contributed by atoms with Gasteiger partial charge in [0.25, 0.3) is 11.8 Å². The second-order valence-corrected chi connectivity index (χ2v) is 17.3. The highest BCUT2D eigenvalue weighted by molar-refractivity contribution is 6.08. The number of carbonyl (C=O) groups excluding carboxylic acids is 2. The number of aromatic nitrogens is 8. The van der Waals surface area contributed by atoms with Gasteiger partial charge in [-0.3, -0.25) is 14.6 Å². The molecule has 10 N–H and O–H groups in total. The van der Waals surface area contributed by atoms with Crippen molar-refractivity contribution in [3.63, 3.8) is 0 Å². The summed E-state index contributed by atoms with van der Waals surface area (Å²) in [5.74, 6) is -3.51. The Hall–Kier alpha value is -7.84. The number of carbonyl (C=O) groups is 2. The van der Waals surface area contributed by atoms with Gasteiger partial charge in [-0.05, 0) is 74.9 Å². The average molecular weight is 1000 g/mol. The number of nitrogens with one attached hydrogen (secondary N) is 3. The summed E-state index contributed by atoms with van der Waals surface area (Å²) in [6.07, 6.45) is 0.199. The van der Waals surface area contributed by atoms with E-state index in [1.165, 1.54) is 12.4 Å².